The SMILES string of the molecule is c1ccc(CCCNCCNC(c2ccccc2)c2ccccc2)cc1. The fraction of sp³-hybridized carbons (Fsp3) is 0.250. The lowest BCUT2D eigenvalue weighted by Gasteiger charge is -2.20. The van der Waals surface area contributed by atoms with Crippen LogP contribution >= 0.6 is 0 Å². The van der Waals surface area contributed by atoms with Crippen LogP contribution in [0.25, 0.3) is 0 Å². The largest absolute Gasteiger partial charge is 0.315 e. The van der Waals surface area contributed by atoms with Gasteiger partial charge in [-0.1, -0.05) is 91.0 Å². The van der Waals surface area contributed by atoms with Gasteiger partial charge in [-0.2, -0.15) is 0 Å². The Morgan fingerprint density at radius 2 is 1.12 bits per heavy atom. The summed E-state index contributed by atoms with van der Waals surface area (Å²) in [4.78, 5) is 0. The first-order valence-electron chi connectivity index (χ1n) is 9.51. The molecule has 0 heterocycles. The first-order valence-corrected chi connectivity index (χ1v) is 9.51. The summed E-state index contributed by atoms with van der Waals surface area (Å²) >= 11 is 0. The van der Waals surface area contributed by atoms with E-state index >= 15 is 0 Å². The number of hydrogen-bond donors (Lipinski definition) is 2. The van der Waals surface area contributed by atoms with Crippen molar-refractivity contribution in [3.63, 3.8) is 0 Å². The van der Waals surface area contributed by atoms with Crippen LogP contribution in [0.1, 0.15) is 29.2 Å². The van der Waals surface area contributed by atoms with Crippen LogP contribution in [0.3, 0.4) is 0 Å². The highest BCUT2D eigenvalue weighted by atomic mass is 15.0. The predicted octanol–water partition coefficient (Wildman–Crippen LogP) is 4.59. The highest BCUT2D eigenvalue weighted by molar-refractivity contribution is 5.31. The van der Waals surface area contributed by atoms with Crippen LogP contribution < -0.4 is 10.6 Å². The topological polar surface area (TPSA) is 24.1 Å². The van der Waals surface area contributed by atoms with Gasteiger partial charge in [-0.15, -0.1) is 0 Å². The highest BCUT2D eigenvalue weighted by Crippen LogP contribution is 2.21. The Bertz CT molecular complexity index is 686. The van der Waals surface area contributed by atoms with E-state index in [0.29, 0.717) is 0 Å². The van der Waals surface area contributed by atoms with Gasteiger partial charge in [0.2, 0.25) is 0 Å². The molecule has 3 rings (SSSR count). The second-order valence-corrected chi connectivity index (χ2v) is 6.55. The summed E-state index contributed by atoms with van der Waals surface area (Å²) in [5, 5.41) is 7.25. The molecule has 0 aliphatic heterocycles. The molecule has 3 aromatic carbocycles. The molecule has 0 unspecified atom stereocenters. The summed E-state index contributed by atoms with van der Waals surface area (Å²) in [5.41, 5.74) is 4.03. The number of aryl methyl sites for hydroxylation is 1. The maximum absolute atomic E-state index is 3.70. The Kier molecular flexibility index (Phi) is 7.45. The Morgan fingerprint density at radius 3 is 1.69 bits per heavy atom. The molecule has 26 heavy (non-hydrogen) atoms. The summed E-state index contributed by atoms with van der Waals surface area (Å²) in [6.07, 6.45) is 2.31. The van der Waals surface area contributed by atoms with Crippen LogP contribution in [-0.2, 0) is 6.42 Å². The van der Waals surface area contributed by atoms with Gasteiger partial charge in [0.1, 0.15) is 0 Å². The Hall–Kier alpha value is -2.42. The van der Waals surface area contributed by atoms with Gasteiger partial charge >= 0.3 is 0 Å². The molecule has 134 valence electrons. The summed E-state index contributed by atoms with van der Waals surface area (Å²) in [5.74, 6) is 0. The van der Waals surface area contributed by atoms with Crippen molar-refractivity contribution >= 4 is 0 Å². The van der Waals surface area contributed by atoms with Crippen LogP contribution in [0, 0.1) is 0 Å². The van der Waals surface area contributed by atoms with Gasteiger partial charge in [0.05, 0.1) is 6.04 Å². The number of rotatable bonds is 10. The van der Waals surface area contributed by atoms with E-state index < -0.39 is 0 Å². The van der Waals surface area contributed by atoms with Gasteiger partial charge in [-0.25, -0.2) is 0 Å². The fourth-order valence-electron chi connectivity index (χ4n) is 3.21. The van der Waals surface area contributed by atoms with Gasteiger partial charge in [-0.05, 0) is 36.1 Å². The molecular weight excluding hydrogens is 316 g/mol. The quantitative estimate of drug-likeness (QED) is 0.526. The second kappa shape index (κ2) is 10.5. The third kappa shape index (κ3) is 5.83. The molecule has 0 spiro atoms. The second-order valence-electron chi connectivity index (χ2n) is 6.55. The van der Waals surface area contributed by atoms with E-state index in [9.17, 15) is 0 Å². The fourth-order valence-corrected chi connectivity index (χ4v) is 3.21. The van der Waals surface area contributed by atoms with E-state index in [-0.39, 0.29) is 6.04 Å². The zero-order valence-electron chi connectivity index (χ0n) is 15.3. The van der Waals surface area contributed by atoms with Crippen molar-refractivity contribution in [2.75, 3.05) is 19.6 Å². The minimum absolute atomic E-state index is 0.239. The van der Waals surface area contributed by atoms with Gasteiger partial charge in [0.25, 0.3) is 0 Å². The number of benzene rings is 3. The van der Waals surface area contributed by atoms with Crippen LogP contribution in [0.2, 0.25) is 0 Å². The molecule has 0 aromatic heterocycles. The minimum Gasteiger partial charge on any atom is -0.315 e. The first-order chi connectivity index (χ1) is 12.9. The molecule has 0 bridgehead atoms. The highest BCUT2D eigenvalue weighted by Gasteiger charge is 2.12. The van der Waals surface area contributed by atoms with Crippen LogP contribution in [0.4, 0.5) is 0 Å². The van der Waals surface area contributed by atoms with Gasteiger partial charge in [0.15, 0.2) is 0 Å². The summed E-state index contributed by atoms with van der Waals surface area (Å²) in [6.45, 7) is 2.97. The third-order valence-corrected chi connectivity index (χ3v) is 4.58. The van der Waals surface area contributed by atoms with Crippen molar-refractivity contribution in [2.45, 2.75) is 18.9 Å². The van der Waals surface area contributed by atoms with Crippen molar-refractivity contribution in [2.24, 2.45) is 0 Å². The maximum Gasteiger partial charge on any atom is 0.0577 e. The molecule has 0 saturated carbocycles. The molecule has 2 nitrogen and oxygen atoms in total. The van der Waals surface area contributed by atoms with Crippen molar-refractivity contribution < 1.29 is 0 Å². The number of nitrogens with one attached hydrogen (secondary N) is 2. The third-order valence-electron chi connectivity index (χ3n) is 4.58. The van der Waals surface area contributed by atoms with Crippen LogP contribution in [0.5, 0.6) is 0 Å². The van der Waals surface area contributed by atoms with Crippen molar-refractivity contribution in [3.05, 3.63) is 108 Å². The van der Waals surface area contributed by atoms with Gasteiger partial charge in [-0.3, -0.25) is 0 Å². The first kappa shape index (κ1) is 18.4. The zero-order valence-corrected chi connectivity index (χ0v) is 15.3. The summed E-state index contributed by atoms with van der Waals surface area (Å²) in [7, 11) is 0. The molecular formula is C24H28N2. The molecule has 0 aliphatic rings. The van der Waals surface area contributed by atoms with Crippen LogP contribution in [0.15, 0.2) is 91.0 Å². The molecule has 0 fully saturated rings. The molecule has 0 atom stereocenters. The zero-order chi connectivity index (χ0) is 17.9. The molecule has 0 saturated heterocycles. The average molecular weight is 345 g/mol. The van der Waals surface area contributed by atoms with Crippen molar-refractivity contribution in [1.29, 1.82) is 0 Å². The molecule has 0 radical (unpaired) electrons. The minimum atomic E-state index is 0.239. The molecule has 0 aliphatic carbocycles. The van der Waals surface area contributed by atoms with E-state index in [1.165, 1.54) is 23.1 Å². The van der Waals surface area contributed by atoms with Gasteiger partial charge in [0, 0.05) is 13.1 Å². The van der Waals surface area contributed by atoms with E-state index in [4.69, 9.17) is 0 Å². The van der Waals surface area contributed by atoms with E-state index in [2.05, 4.69) is 102 Å². The van der Waals surface area contributed by atoms with Crippen LogP contribution in [-0.4, -0.2) is 19.6 Å². The molecule has 0 amide bonds. The summed E-state index contributed by atoms with van der Waals surface area (Å²) < 4.78 is 0. The number of hydrogen-bond acceptors (Lipinski definition) is 2. The van der Waals surface area contributed by atoms with Gasteiger partial charge < -0.3 is 10.6 Å². The van der Waals surface area contributed by atoms with E-state index in [1.54, 1.807) is 0 Å². The van der Waals surface area contributed by atoms with Crippen molar-refractivity contribution in [1.82, 2.24) is 10.6 Å². The summed E-state index contributed by atoms with van der Waals surface area (Å²) in [6, 6.07) is 32.3. The maximum atomic E-state index is 3.70. The molecule has 2 N–H and O–H groups in total. The Labute approximate surface area is 157 Å². The van der Waals surface area contributed by atoms with E-state index in [1.807, 2.05) is 0 Å². The normalized spacial score (nSPS) is 11.0. The molecule has 3 aromatic rings. The lowest BCUT2D eigenvalue weighted by molar-refractivity contribution is 0.559. The molecule has 2 heteroatoms. The standard InChI is InChI=1S/C24H28N2/c1-4-11-21(12-5-1)13-10-18-25-19-20-26-24(22-14-6-2-7-15-22)23-16-8-3-9-17-23/h1-9,11-12,14-17,24-26H,10,13,18-20H2. The predicted molar refractivity (Wildman–Crippen MR) is 110 cm³/mol. The van der Waals surface area contributed by atoms with Crippen molar-refractivity contribution in [3.8, 4) is 0 Å². The Morgan fingerprint density at radius 1 is 0.577 bits per heavy atom. The lowest BCUT2D eigenvalue weighted by atomic mass is 9.99. The smallest absolute Gasteiger partial charge is 0.0577 e. The lowest BCUT2D eigenvalue weighted by Crippen LogP contribution is -2.31. The Balaban J connectivity index is 1.42. The average Bonchev–Trinajstić information content (AvgIpc) is 2.72. The van der Waals surface area contributed by atoms with E-state index in [0.717, 1.165) is 26.1 Å². The monoisotopic (exact) mass is 344 g/mol.